The third-order valence-electron chi connectivity index (χ3n) is 3.43. The molecule has 0 unspecified atom stereocenters. The van der Waals surface area contributed by atoms with Gasteiger partial charge in [-0.2, -0.15) is 0 Å². The number of hydrogen-bond donors (Lipinski definition) is 0. The van der Waals surface area contributed by atoms with Crippen molar-refractivity contribution in [1.82, 2.24) is 0 Å². The van der Waals surface area contributed by atoms with Gasteiger partial charge in [-0.3, -0.25) is 9.59 Å². The highest BCUT2D eigenvalue weighted by atomic mass is 79.9. The Morgan fingerprint density at radius 3 is 2.80 bits per heavy atom. The summed E-state index contributed by atoms with van der Waals surface area (Å²) in [5.74, 6) is 0.00525. The van der Waals surface area contributed by atoms with Crippen molar-refractivity contribution in [1.29, 1.82) is 0 Å². The molecule has 2 aromatic rings. The molecule has 0 atom stereocenters. The molecule has 0 saturated heterocycles. The lowest BCUT2D eigenvalue weighted by Crippen LogP contribution is -2.25. The molecule has 0 radical (unpaired) electrons. The Morgan fingerprint density at radius 2 is 2.15 bits per heavy atom. The molecular formula is C15H12BrNO2S. The second-order valence-corrected chi connectivity index (χ2v) is 6.49. The molecule has 102 valence electrons. The molecule has 0 bridgehead atoms. The summed E-state index contributed by atoms with van der Waals surface area (Å²) in [4.78, 5) is 26.6. The molecule has 0 spiro atoms. The minimum Gasteiger partial charge on any atom is -0.312 e. The maximum absolute atomic E-state index is 12.5. The van der Waals surface area contributed by atoms with E-state index in [-0.39, 0.29) is 11.7 Å². The molecule has 1 aromatic carbocycles. The summed E-state index contributed by atoms with van der Waals surface area (Å²) in [7, 11) is 0. The molecule has 0 fully saturated rings. The minimum atomic E-state index is -0.00919. The summed E-state index contributed by atoms with van der Waals surface area (Å²) in [5, 5.41) is 1.89. The minimum absolute atomic E-state index is 0.00919. The summed E-state index contributed by atoms with van der Waals surface area (Å²) in [6.07, 6.45) is 0.834. The van der Waals surface area contributed by atoms with Crippen molar-refractivity contribution in [2.24, 2.45) is 0 Å². The monoisotopic (exact) mass is 349 g/mol. The lowest BCUT2D eigenvalue weighted by molar-refractivity contribution is -0.116. The Labute approximate surface area is 129 Å². The summed E-state index contributed by atoms with van der Waals surface area (Å²) >= 11 is 4.90. The van der Waals surface area contributed by atoms with E-state index in [9.17, 15) is 9.59 Å². The predicted molar refractivity (Wildman–Crippen MR) is 83.6 cm³/mol. The number of thiophene rings is 1. The maximum Gasteiger partial charge on any atom is 0.223 e. The highest BCUT2D eigenvalue weighted by Crippen LogP contribution is 2.34. The van der Waals surface area contributed by atoms with Crippen LogP contribution in [0.3, 0.4) is 0 Å². The topological polar surface area (TPSA) is 37.4 Å². The third kappa shape index (κ3) is 2.21. The van der Waals surface area contributed by atoms with Crippen LogP contribution in [0.25, 0.3) is 0 Å². The highest BCUT2D eigenvalue weighted by Gasteiger charge is 2.25. The zero-order valence-electron chi connectivity index (χ0n) is 10.9. The Morgan fingerprint density at radius 1 is 1.35 bits per heavy atom. The summed E-state index contributed by atoms with van der Waals surface area (Å²) in [5.41, 5.74) is 2.58. The molecule has 1 aliphatic rings. The van der Waals surface area contributed by atoms with Crippen LogP contribution in [0, 0.1) is 0 Å². The van der Waals surface area contributed by atoms with E-state index in [4.69, 9.17) is 0 Å². The molecule has 20 heavy (non-hydrogen) atoms. The van der Waals surface area contributed by atoms with Crippen LogP contribution in [-0.4, -0.2) is 18.2 Å². The van der Waals surface area contributed by atoms with Crippen LogP contribution in [0.15, 0.2) is 34.1 Å². The van der Waals surface area contributed by atoms with Gasteiger partial charge in [0.1, 0.15) is 0 Å². The van der Waals surface area contributed by atoms with Gasteiger partial charge >= 0.3 is 0 Å². The largest absolute Gasteiger partial charge is 0.312 e. The van der Waals surface area contributed by atoms with Crippen molar-refractivity contribution < 1.29 is 9.59 Å². The van der Waals surface area contributed by atoms with Gasteiger partial charge in [-0.25, -0.2) is 0 Å². The van der Waals surface area contributed by atoms with Crippen molar-refractivity contribution in [2.75, 3.05) is 11.4 Å². The van der Waals surface area contributed by atoms with Crippen LogP contribution in [-0.2, 0) is 11.2 Å². The number of nitrogens with zero attached hydrogens (tertiary/aromatic N) is 1. The molecule has 0 aliphatic carbocycles. The molecule has 1 amide bonds. The number of carbonyl (C=O) groups excluding carboxylic acids is 2. The standard InChI is InChI=1S/C15H12BrNO2S/c1-9(18)17-5-4-10-7-12(16)11(8-13(10)17)15(19)14-3-2-6-20-14/h2-3,6-8H,4-5H2,1H3. The molecule has 5 heteroatoms. The summed E-state index contributed by atoms with van der Waals surface area (Å²) in [6, 6.07) is 7.46. The van der Waals surface area contributed by atoms with Gasteiger partial charge in [0.25, 0.3) is 0 Å². The van der Waals surface area contributed by atoms with Gasteiger partial charge in [0.2, 0.25) is 11.7 Å². The van der Waals surface area contributed by atoms with Crippen LogP contribution >= 0.6 is 27.3 Å². The lowest BCUT2D eigenvalue weighted by atomic mass is 10.0. The van der Waals surface area contributed by atoms with E-state index in [2.05, 4.69) is 15.9 Å². The van der Waals surface area contributed by atoms with Gasteiger partial charge < -0.3 is 4.90 Å². The van der Waals surface area contributed by atoms with Crippen LogP contribution in [0.5, 0.6) is 0 Å². The van der Waals surface area contributed by atoms with Crippen molar-refractivity contribution in [3.63, 3.8) is 0 Å². The quantitative estimate of drug-likeness (QED) is 0.776. The Bertz CT molecular complexity index is 694. The smallest absolute Gasteiger partial charge is 0.223 e. The first-order valence-electron chi connectivity index (χ1n) is 6.26. The van der Waals surface area contributed by atoms with Crippen molar-refractivity contribution in [2.45, 2.75) is 13.3 Å². The molecule has 0 saturated carbocycles. The average molecular weight is 350 g/mol. The predicted octanol–water partition coefficient (Wildman–Crippen LogP) is 3.65. The number of ketones is 1. The number of amides is 1. The number of hydrogen-bond acceptors (Lipinski definition) is 3. The van der Waals surface area contributed by atoms with Gasteiger partial charge in [0, 0.05) is 29.2 Å². The maximum atomic E-state index is 12.5. The second-order valence-electron chi connectivity index (χ2n) is 4.69. The van der Waals surface area contributed by atoms with Gasteiger partial charge in [0.15, 0.2) is 0 Å². The molecule has 3 nitrogen and oxygen atoms in total. The van der Waals surface area contributed by atoms with E-state index < -0.39 is 0 Å². The summed E-state index contributed by atoms with van der Waals surface area (Å²) < 4.78 is 0.792. The zero-order valence-corrected chi connectivity index (χ0v) is 13.3. The Hall–Kier alpha value is -1.46. The number of benzene rings is 1. The first-order valence-corrected chi connectivity index (χ1v) is 7.94. The van der Waals surface area contributed by atoms with Crippen LogP contribution in [0.1, 0.15) is 27.7 Å². The molecule has 1 aliphatic heterocycles. The van der Waals surface area contributed by atoms with E-state index in [1.54, 1.807) is 11.8 Å². The third-order valence-corrected chi connectivity index (χ3v) is 4.96. The normalized spacial score (nSPS) is 13.4. The number of carbonyl (C=O) groups is 2. The fourth-order valence-corrected chi connectivity index (χ4v) is 3.70. The number of halogens is 1. The van der Waals surface area contributed by atoms with Crippen molar-refractivity contribution in [3.05, 3.63) is 50.1 Å². The van der Waals surface area contributed by atoms with Crippen LogP contribution in [0.2, 0.25) is 0 Å². The number of rotatable bonds is 2. The van der Waals surface area contributed by atoms with E-state index in [0.29, 0.717) is 17.0 Å². The molecule has 3 rings (SSSR count). The van der Waals surface area contributed by atoms with E-state index in [1.165, 1.54) is 11.3 Å². The van der Waals surface area contributed by atoms with E-state index in [1.807, 2.05) is 29.6 Å². The van der Waals surface area contributed by atoms with Crippen LogP contribution < -0.4 is 4.90 Å². The van der Waals surface area contributed by atoms with Crippen molar-refractivity contribution in [3.8, 4) is 0 Å². The van der Waals surface area contributed by atoms with Gasteiger partial charge in [-0.05, 0) is 35.6 Å². The summed E-state index contributed by atoms with van der Waals surface area (Å²) in [6.45, 7) is 2.24. The van der Waals surface area contributed by atoms with Crippen LogP contribution in [0.4, 0.5) is 5.69 Å². The highest BCUT2D eigenvalue weighted by molar-refractivity contribution is 9.10. The van der Waals surface area contributed by atoms with Gasteiger partial charge in [0.05, 0.1) is 4.88 Å². The zero-order chi connectivity index (χ0) is 14.3. The SMILES string of the molecule is CC(=O)N1CCc2cc(Br)c(C(=O)c3cccs3)cc21. The first-order chi connectivity index (χ1) is 9.58. The van der Waals surface area contributed by atoms with Gasteiger partial charge in [-0.1, -0.05) is 22.0 Å². The second kappa shape index (κ2) is 5.14. The molecular weight excluding hydrogens is 338 g/mol. The molecule has 2 heterocycles. The number of fused-ring (bicyclic) bond motifs is 1. The lowest BCUT2D eigenvalue weighted by Gasteiger charge is -2.16. The average Bonchev–Trinajstić information content (AvgIpc) is 3.05. The Kier molecular flexibility index (Phi) is 3.48. The van der Waals surface area contributed by atoms with Gasteiger partial charge in [-0.15, -0.1) is 11.3 Å². The Balaban J connectivity index is 2.07. The van der Waals surface area contributed by atoms with E-state index >= 15 is 0 Å². The van der Waals surface area contributed by atoms with E-state index in [0.717, 1.165) is 22.1 Å². The fourth-order valence-electron chi connectivity index (χ4n) is 2.45. The molecule has 1 aromatic heterocycles. The first kappa shape index (κ1) is 13.5. The fraction of sp³-hybridized carbons (Fsp3) is 0.200. The molecule has 0 N–H and O–H groups in total. The van der Waals surface area contributed by atoms with Crippen molar-refractivity contribution >= 4 is 44.6 Å². The number of anilines is 1.